The van der Waals surface area contributed by atoms with E-state index in [1.54, 1.807) is 18.2 Å². The van der Waals surface area contributed by atoms with E-state index < -0.39 is 0 Å². The molecule has 0 atom stereocenters. The van der Waals surface area contributed by atoms with Gasteiger partial charge in [-0.1, -0.05) is 28.1 Å². The van der Waals surface area contributed by atoms with Gasteiger partial charge in [-0.25, -0.2) is 0 Å². The molecule has 0 bridgehead atoms. The van der Waals surface area contributed by atoms with E-state index in [0.29, 0.717) is 21.3 Å². The van der Waals surface area contributed by atoms with Crippen LogP contribution in [0.5, 0.6) is 0 Å². The third-order valence-electron chi connectivity index (χ3n) is 2.67. The normalized spacial score (nSPS) is 10.4. The minimum Gasteiger partial charge on any atom is -0.399 e. The zero-order valence-electron chi connectivity index (χ0n) is 9.71. The first kappa shape index (κ1) is 13.3. The van der Waals surface area contributed by atoms with Crippen molar-refractivity contribution < 1.29 is 4.79 Å². The third kappa shape index (κ3) is 2.65. The molecule has 0 aliphatic carbocycles. The quantitative estimate of drug-likeness (QED) is 0.633. The Morgan fingerprint density at radius 1 is 1.06 bits per heavy atom. The van der Waals surface area contributed by atoms with Crippen LogP contribution in [0.15, 0.2) is 45.3 Å². The lowest BCUT2D eigenvalue weighted by molar-refractivity contribution is 0.103. The van der Waals surface area contributed by atoms with Crippen LogP contribution in [0.2, 0.25) is 0 Å². The summed E-state index contributed by atoms with van der Waals surface area (Å²) in [5.74, 6) is -0.0254. The molecule has 0 aliphatic rings. The zero-order valence-corrected chi connectivity index (χ0v) is 12.9. The predicted molar refractivity (Wildman–Crippen MR) is 80.9 cm³/mol. The van der Waals surface area contributed by atoms with Gasteiger partial charge in [-0.15, -0.1) is 0 Å². The van der Waals surface area contributed by atoms with Crippen LogP contribution in [-0.2, 0) is 0 Å². The van der Waals surface area contributed by atoms with Crippen LogP contribution in [0.25, 0.3) is 0 Å². The second-order valence-electron chi connectivity index (χ2n) is 4.03. The highest BCUT2D eigenvalue weighted by Crippen LogP contribution is 2.25. The first-order valence-corrected chi connectivity index (χ1v) is 6.93. The third-order valence-corrected chi connectivity index (χ3v) is 4.18. The molecule has 4 heteroatoms. The van der Waals surface area contributed by atoms with Gasteiger partial charge in [0.1, 0.15) is 0 Å². The maximum atomic E-state index is 12.4. The van der Waals surface area contributed by atoms with Crippen LogP contribution in [0, 0.1) is 6.92 Å². The lowest BCUT2D eigenvalue weighted by Crippen LogP contribution is -2.03. The highest BCUT2D eigenvalue weighted by Gasteiger charge is 2.13. The van der Waals surface area contributed by atoms with Crippen molar-refractivity contribution in [2.75, 3.05) is 5.73 Å². The van der Waals surface area contributed by atoms with Crippen molar-refractivity contribution in [3.8, 4) is 0 Å². The Morgan fingerprint density at radius 2 is 1.78 bits per heavy atom. The summed E-state index contributed by atoms with van der Waals surface area (Å²) in [6.45, 7) is 1.98. The van der Waals surface area contributed by atoms with Gasteiger partial charge in [-0.05, 0) is 52.7 Å². The molecule has 0 saturated carbocycles. The number of aryl methyl sites for hydroxylation is 1. The van der Waals surface area contributed by atoms with Crippen LogP contribution in [-0.4, -0.2) is 5.78 Å². The zero-order chi connectivity index (χ0) is 13.3. The van der Waals surface area contributed by atoms with Crippen LogP contribution in [0.1, 0.15) is 21.5 Å². The van der Waals surface area contributed by atoms with Gasteiger partial charge in [0.05, 0.1) is 0 Å². The van der Waals surface area contributed by atoms with Gasteiger partial charge >= 0.3 is 0 Å². The van der Waals surface area contributed by atoms with E-state index in [2.05, 4.69) is 31.9 Å². The van der Waals surface area contributed by atoms with Crippen molar-refractivity contribution in [3.05, 3.63) is 62.0 Å². The number of benzene rings is 2. The topological polar surface area (TPSA) is 43.1 Å². The molecule has 0 amide bonds. The molecule has 0 spiro atoms. The number of carbonyl (C=O) groups excluding carboxylic acids is 1. The van der Waals surface area contributed by atoms with Crippen LogP contribution >= 0.6 is 31.9 Å². The Hall–Kier alpha value is -1.13. The predicted octanol–water partition coefficient (Wildman–Crippen LogP) is 4.33. The number of hydrogen-bond donors (Lipinski definition) is 1. The Balaban J connectivity index is 2.44. The molecule has 0 heterocycles. The molecule has 0 unspecified atom stereocenters. The molecule has 18 heavy (non-hydrogen) atoms. The second kappa shape index (κ2) is 5.24. The molecular weight excluding hydrogens is 358 g/mol. The van der Waals surface area contributed by atoms with Crippen molar-refractivity contribution in [3.63, 3.8) is 0 Å². The molecule has 2 aromatic carbocycles. The lowest BCUT2D eigenvalue weighted by atomic mass is 10.0. The van der Waals surface area contributed by atoms with E-state index >= 15 is 0 Å². The van der Waals surface area contributed by atoms with Crippen molar-refractivity contribution >= 4 is 43.3 Å². The summed E-state index contributed by atoms with van der Waals surface area (Å²) in [4.78, 5) is 12.4. The van der Waals surface area contributed by atoms with E-state index in [1.807, 2.05) is 25.1 Å². The number of carbonyl (C=O) groups is 1. The molecule has 2 N–H and O–H groups in total. The highest BCUT2D eigenvalue weighted by atomic mass is 79.9. The summed E-state index contributed by atoms with van der Waals surface area (Å²) in [5, 5.41) is 0. The molecule has 0 radical (unpaired) electrons. The Bertz CT molecular complexity index is 623. The van der Waals surface area contributed by atoms with Gasteiger partial charge in [0.15, 0.2) is 5.78 Å². The molecular formula is C14H11Br2NO. The Labute approximate surface area is 122 Å². The van der Waals surface area contributed by atoms with E-state index in [9.17, 15) is 4.79 Å². The molecule has 0 aliphatic heterocycles. The first-order chi connectivity index (χ1) is 8.49. The Kier molecular flexibility index (Phi) is 3.88. The molecule has 0 aromatic heterocycles. The first-order valence-electron chi connectivity index (χ1n) is 5.35. The van der Waals surface area contributed by atoms with Crippen LogP contribution < -0.4 is 5.73 Å². The molecule has 2 rings (SSSR count). The largest absolute Gasteiger partial charge is 0.399 e. The van der Waals surface area contributed by atoms with E-state index in [-0.39, 0.29) is 5.78 Å². The fraction of sp³-hybridized carbons (Fsp3) is 0.0714. The number of halogens is 2. The number of nitrogens with two attached hydrogens (primary N) is 1. The lowest BCUT2D eigenvalue weighted by Gasteiger charge is -2.06. The standard InChI is InChI=1S/C14H11Br2NO/c1-8-2-3-9(6-12(8)15)14(18)11-5-4-10(17)7-13(11)16/h2-7H,17H2,1H3. The van der Waals surface area contributed by atoms with Crippen molar-refractivity contribution in [2.24, 2.45) is 0 Å². The van der Waals surface area contributed by atoms with E-state index in [4.69, 9.17) is 5.73 Å². The molecule has 0 fully saturated rings. The molecule has 2 aromatic rings. The van der Waals surface area contributed by atoms with Gasteiger partial charge in [-0.2, -0.15) is 0 Å². The fourth-order valence-corrected chi connectivity index (χ4v) is 2.56. The summed E-state index contributed by atoms with van der Waals surface area (Å²) in [6, 6.07) is 10.8. The summed E-state index contributed by atoms with van der Waals surface area (Å²) >= 11 is 6.80. The van der Waals surface area contributed by atoms with Crippen molar-refractivity contribution in [1.82, 2.24) is 0 Å². The van der Waals surface area contributed by atoms with Gasteiger partial charge in [-0.3, -0.25) is 4.79 Å². The number of anilines is 1. The summed E-state index contributed by atoms with van der Waals surface area (Å²) in [6.07, 6.45) is 0. The minimum absolute atomic E-state index is 0.0254. The van der Waals surface area contributed by atoms with Crippen molar-refractivity contribution in [2.45, 2.75) is 6.92 Å². The number of rotatable bonds is 2. The van der Waals surface area contributed by atoms with Crippen LogP contribution in [0.3, 0.4) is 0 Å². The molecule has 2 nitrogen and oxygen atoms in total. The molecule has 0 saturated heterocycles. The summed E-state index contributed by atoms with van der Waals surface area (Å²) < 4.78 is 1.64. The number of hydrogen-bond acceptors (Lipinski definition) is 2. The fourth-order valence-electron chi connectivity index (χ4n) is 1.61. The minimum atomic E-state index is -0.0254. The monoisotopic (exact) mass is 367 g/mol. The SMILES string of the molecule is Cc1ccc(C(=O)c2ccc(N)cc2Br)cc1Br. The average Bonchev–Trinajstić information content (AvgIpc) is 2.32. The van der Waals surface area contributed by atoms with Gasteiger partial charge in [0.2, 0.25) is 0 Å². The van der Waals surface area contributed by atoms with Gasteiger partial charge < -0.3 is 5.73 Å². The second-order valence-corrected chi connectivity index (χ2v) is 5.74. The number of nitrogen functional groups attached to an aromatic ring is 1. The molecule has 92 valence electrons. The maximum absolute atomic E-state index is 12.4. The van der Waals surface area contributed by atoms with Gasteiger partial charge in [0, 0.05) is 25.8 Å². The average molecular weight is 369 g/mol. The van der Waals surface area contributed by atoms with Crippen LogP contribution in [0.4, 0.5) is 5.69 Å². The van der Waals surface area contributed by atoms with Gasteiger partial charge in [0.25, 0.3) is 0 Å². The highest BCUT2D eigenvalue weighted by molar-refractivity contribution is 9.10. The summed E-state index contributed by atoms with van der Waals surface area (Å²) in [5.41, 5.74) is 8.65. The number of ketones is 1. The Morgan fingerprint density at radius 3 is 2.39 bits per heavy atom. The smallest absolute Gasteiger partial charge is 0.194 e. The summed E-state index contributed by atoms with van der Waals surface area (Å²) in [7, 11) is 0. The van der Waals surface area contributed by atoms with Crippen molar-refractivity contribution in [1.29, 1.82) is 0 Å². The van der Waals surface area contributed by atoms with E-state index in [1.165, 1.54) is 0 Å². The maximum Gasteiger partial charge on any atom is 0.194 e. The van der Waals surface area contributed by atoms with E-state index in [0.717, 1.165) is 10.0 Å².